The number of halogens is 2. The molecule has 10 heteroatoms. The number of nitrogens with zero attached hydrogens (tertiary/aromatic N) is 1. The minimum Gasteiger partial charge on any atom is -0.482 e. The third-order valence-corrected chi connectivity index (χ3v) is 3.50. The third-order valence-electron chi connectivity index (χ3n) is 2.97. The highest BCUT2D eigenvalue weighted by molar-refractivity contribution is 6.35. The minimum atomic E-state index is -1.42. The van der Waals surface area contributed by atoms with Crippen LogP contribution in [-0.4, -0.2) is 28.5 Å². The second-order valence-electron chi connectivity index (χ2n) is 4.70. The van der Waals surface area contributed by atoms with Crippen molar-refractivity contribution in [2.24, 2.45) is 0 Å². The number of nitro groups is 1. The minimum absolute atomic E-state index is 0.0890. The summed E-state index contributed by atoms with van der Waals surface area (Å²) in [5.41, 5.74) is -0.902. The quantitative estimate of drug-likeness (QED) is 0.579. The highest BCUT2D eigenvalue weighted by Gasteiger charge is 2.18. The second-order valence-corrected chi connectivity index (χ2v) is 5.55. The zero-order valence-electron chi connectivity index (χ0n) is 12.4. The first-order valence-electron chi connectivity index (χ1n) is 6.67. The van der Waals surface area contributed by atoms with Gasteiger partial charge in [-0.1, -0.05) is 23.2 Å². The van der Waals surface area contributed by atoms with Gasteiger partial charge in [0.25, 0.3) is 11.6 Å². The fraction of sp³-hybridized carbons (Fsp3) is 0.0667. The summed E-state index contributed by atoms with van der Waals surface area (Å²) in [5, 5.41) is 22.8. The predicted molar refractivity (Wildman–Crippen MR) is 90.6 cm³/mol. The van der Waals surface area contributed by atoms with Gasteiger partial charge in [0.2, 0.25) is 0 Å². The van der Waals surface area contributed by atoms with E-state index in [2.05, 4.69) is 5.32 Å². The van der Waals surface area contributed by atoms with Gasteiger partial charge in [0.05, 0.1) is 21.2 Å². The van der Waals surface area contributed by atoms with Crippen molar-refractivity contribution >= 4 is 46.5 Å². The van der Waals surface area contributed by atoms with Gasteiger partial charge in [0.15, 0.2) is 6.61 Å². The molecule has 0 aromatic heterocycles. The molecule has 0 atom stereocenters. The van der Waals surface area contributed by atoms with Crippen LogP contribution < -0.4 is 10.1 Å². The Bertz CT molecular complexity index is 856. The lowest BCUT2D eigenvalue weighted by atomic mass is 10.1. The van der Waals surface area contributed by atoms with E-state index < -0.39 is 34.7 Å². The number of nitrogens with one attached hydrogen (secondary N) is 1. The van der Waals surface area contributed by atoms with Crippen molar-refractivity contribution in [1.29, 1.82) is 0 Å². The fourth-order valence-electron chi connectivity index (χ4n) is 1.85. The molecule has 2 aromatic rings. The summed E-state index contributed by atoms with van der Waals surface area (Å²) in [4.78, 5) is 33.1. The Labute approximate surface area is 151 Å². The van der Waals surface area contributed by atoms with E-state index in [0.29, 0.717) is 5.02 Å². The fourth-order valence-corrected chi connectivity index (χ4v) is 2.32. The van der Waals surface area contributed by atoms with Gasteiger partial charge in [-0.15, -0.1) is 0 Å². The average Bonchev–Trinajstić information content (AvgIpc) is 2.54. The van der Waals surface area contributed by atoms with Crippen molar-refractivity contribution in [2.45, 2.75) is 0 Å². The molecule has 0 saturated heterocycles. The molecule has 8 nitrogen and oxygen atoms in total. The summed E-state index contributed by atoms with van der Waals surface area (Å²) in [7, 11) is 0. The first-order valence-corrected chi connectivity index (χ1v) is 7.43. The number of hydrogen-bond acceptors (Lipinski definition) is 5. The van der Waals surface area contributed by atoms with E-state index in [0.717, 1.165) is 18.2 Å². The largest absolute Gasteiger partial charge is 0.482 e. The zero-order valence-corrected chi connectivity index (χ0v) is 13.9. The highest BCUT2D eigenvalue weighted by Crippen LogP contribution is 2.27. The molecule has 0 saturated carbocycles. The van der Waals surface area contributed by atoms with Gasteiger partial charge in [0, 0.05) is 17.2 Å². The molecule has 0 aliphatic rings. The van der Waals surface area contributed by atoms with Crippen LogP contribution in [-0.2, 0) is 4.79 Å². The van der Waals surface area contributed by atoms with E-state index in [4.69, 9.17) is 33.0 Å². The number of nitro benzene ring substituents is 1. The molecule has 0 aliphatic carbocycles. The third kappa shape index (κ3) is 4.82. The molecule has 2 rings (SSSR count). The van der Waals surface area contributed by atoms with Crippen molar-refractivity contribution in [3.8, 4) is 5.75 Å². The number of ether oxygens (including phenoxy) is 1. The molecule has 0 aliphatic heterocycles. The SMILES string of the molecule is O=C(COc1ccc(Cl)cc1Cl)Nc1ccc([N+](=O)[O-])cc1C(=O)O. The molecule has 0 spiro atoms. The maximum atomic E-state index is 11.9. The van der Waals surface area contributed by atoms with E-state index in [1.165, 1.54) is 18.2 Å². The summed E-state index contributed by atoms with van der Waals surface area (Å²) in [6.45, 7) is -0.447. The number of hydrogen-bond donors (Lipinski definition) is 2. The highest BCUT2D eigenvalue weighted by atomic mass is 35.5. The Morgan fingerprint density at radius 3 is 2.52 bits per heavy atom. The first-order chi connectivity index (χ1) is 11.8. The summed E-state index contributed by atoms with van der Waals surface area (Å²) in [5.74, 6) is -1.86. The van der Waals surface area contributed by atoms with E-state index in [9.17, 15) is 19.7 Å². The van der Waals surface area contributed by atoms with E-state index >= 15 is 0 Å². The van der Waals surface area contributed by atoms with Gasteiger partial charge in [-0.25, -0.2) is 4.79 Å². The summed E-state index contributed by atoms with van der Waals surface area (Å²) < 4.78 is 5.23. The lowest BCUT2D eigenvalue weighted by Crippen LogP contribution is -2.21. The van der Waals surface area contributed by atoms with E-state index in [1.54, 1.807) is 0 Å². The summed E-state index contributed by atoms with van der Waals surface area (Å²) in [6.07, 6.45) is 0. The monoisotopic (exact) mass is 384 g/mol. The normalized spacial score (nSPS) is 10.2. The number of non-ortho nitro benzene ring substituents is 1. The van der Waals surface area contributed by atoms with E-state index in [-0.39, 0.29) is 16.5 Å². The Morgan fingerprint density at radius 1 is 1.20 bits per heavy atom. The molecule has 2 aromatic carbocycles. The van der Waals surface area contributed by atoms with Crippen LogP contribution in [0.2, 0.25) is 10.0 Å². The summed E-state index contributed by atoms with van der Waals surface area (Å²) in [6, 6.07) is 7.52. The second kappa shape index (κ2) is 7.82. The number of rotatable bonds is 6. The molecule has 0 fully saturated rings. The maximum Gasteiger partial charge on any atom is 0.338 e. The van der Waals surface area contributed by atoms with Crippen LogP contribution in [0.1, 0.15) is 10.4 Å². The standard InChI is InChI=1S/C15H10Cl2N2O6/c16-8-1-4-13(11(17)5-8)25-7-14(20)18-12-3-2-9(19(23)24)6-10(12)15(21)22/h1-6H,7H2,(H,18,20)(H,21,22). The van der Waals surface area contributed by atoms with Crippen LogP contribution in [0.25, 0.3) is 0 Å². The lowest BCUT2D eigenvalue weighted by Gasteiger charge is -2.10. The number of aromatic carboxylic acids is 1. The molecule has 0 radical (unpaired) electrons. The molecule has 0 heterocycles. The zero-order chi connectivity index (χ0) is 18.6. The van der Waals surface area contributed by atoms with Gasteiger partial charge in [-0.05, 0) is 24.3 Å². The number of carbonyl (C=O) groups excluding carboxylic acids is 1. The Morgan fingerprint density at radius 2 is 1.92 bits per heavy atom. The van der Waals surface area contributed by atoms with Crippen molar-refractivity contribution in [1.82, 2.24) is 0 Å². The topological polar surface area (TPSA) is 119 Å². The van der Waals surface area contributed by atoms with Crippen LogP contribution in [0.3, 0.4) is 0 Å². The molecular weight excluding hydrogens is 375 g/mol. The first kappa shape index (κ1) is 18.5. The van der Waals surface area contributed by atoms with Crippen LogP contribution in [0.5, 0.6) is 5.75 Å². The molecule has 2 N–H and O–H groups in total. The maximum absolute atomic E-state index is 11.9. The molecule has 25 heavy (non-hydrogen) atoms. The number of amides is 1. The van der Waals surface area contributed by atoms with Crippen LogP contribution in [0, 0.1) is 10.1 Å². The van der Waals surface area contributed by atoms with Crippen molar-refractivity contribution in [3.63, 3.8) is 0 Å². The van der Waals surface area contributed by atoms with Gasteiger partial charge in [-0.2, -0.15) is 0 Å². The Hall–Kier alpha value is -2.84. The van der Waals surface area contributed by atoms with Crippen molar-refractivity contribution < 1.29 is 24.4 Å². The molecule has 130 valence electrons. The molecular formula is C15H10Cl2N2O6. The lowest BCUT2D eigenvalue weighted by molar-refractivity contribution is -0.384. The number of carbonyl (C=O) groups is 2. The molecule has 0 bridgehead atoms. The smallest absolute Gasteiger partial charge is 0.338 e. The Balaban J connectivity index is 2.09. The van der Waals surface area contributed by atoms with Crippen LogP contribution in [0.4, 0.5) is 11.4 Å². The number of anilines is 1. The molecule has 1 amide bonds. The number of carboxylic acid groups (broad SMARTS) is 1. The Kier molecular flexibility index (Phi) is 5.79. The van der Waals surface area contributed by atoms with E-state index in [1.807, 2.05) is 0 Å². The molecule has 0 unspecified atom stereocenters. The summed E-state index contributed by atoms with van der Waals surface area (Å²) >= 11 is 11.7. The van der Waals surface area contributed by atoms with Gasteiger partial charge >= 0.3 is 5.97 Å². The van der Waals surface area contributed by atoms with Gasteiger partial charge < -0.3 is 15.2 Å². The number of carboxylic acids is 1. The van der Waals surface area contributed by atoms with Crippen molar-refractivity contribution in [2.75, 3.05) is 11.9 Å². The predicted octanol–water partition coefficient (Wildman–Crippen LogP) is 3.62. The van der Waals surface area contributed by atoms with Crippen molar-refractivity contribution in [3.05, 3.63) is 62.1 Å². The van der Waals surface area contributed by atoms with Crippen LogP contribution >= 0.6 is 23.2 Å². The average molecular weight is 385 g/mol. The van der Waals surface area contributed by atoms with Gasteiger partial charge in [-0.3, -0.25) is 14.9 Å². The number of benzene rings is 2. The van der Waals surface area contributed by atoms with Crippen LogP contribution in [0.15, 0.2) is 36.4 Å². The van der Waals surface area contributed by atoms with Gasteiger partial charge in [0.1, 0.15) is 5.75 Å².